The first kappa shape index (κ1) is 20.3. The predicted octanol–water partition coefficient (Wildman–Crippen LogP) is 3.81. The van der Waals surface area contributed by atoms with E-state index in [0.29, 0.717) is 30.1 Å². The van der Waals surface area contributed by atoms with Crippen LogP contribution in [-0.4, -0.2) is 42.4 Å². The molecule has 1 aromatic rings. The second-order valence-electron chi connectivity index (χ2n) is 9.38. The molecule has 2 aliphatic carbocycles. The van der Waals surface area contributed by atoms with Gasteiger partial charge in [-0.15, -0.1) is 0 Å². The number of benzene rings is 1. The molecule has 2 atom stereocenters. The molecule has 0 aromatic heterocycles. The Bertz CT molecular complexity index is 999. The van der Waals surface area contributed by atoms with Crippen LogP contribution in [0.2, 0.25) is 0 Å². The van der Waals surface area contributed by atoms with Crippen molar-refractivity contribution in [1.82, 2.24) is 4.90 Å². The summed E-state index contributed by atoms with van der Waals surface area (Å²) in [6.45, 7) is 5.77. The van der Waals surface area contributed by atoms with Gasteiger partial charge in [0.2, 0.25) is 11.8 Å². The fraction of sp³-hybridized carbons (Fsp3) is 0.520. The molecular weight excluding hydrogens is 393 g/mol. The van der Waals surface area contributed by atoms with Crippen LogP contribution in [0, 0.1) is 11.7 Å². The van der Waals surface area contributed by atoms with Crippen LogP contribution in [0.1, 0.15) is 66.4 Å². The number of hydrogen-bond acceptors (Lipinski definition) is 3. The molecule has 2 aliphatic heterocycles. The molecule has 2 N–H and O–H groups in total. The first-order chi connectivity index (χ1) is 15.0. The molecule has 1 unspecified atom stereocenters. The third kappa shape index (κ3) is 3.27. The zero-order valence-electron chi connectivity index (χ0n) is 18.0. The molecule has 1 aromatic carbocycles. The number of allylic oxidation sites excluding steroid dienone is 2. The van der Waals surface area contributed by atoms with E-state index in [4.69, 9.17) is 5.73 Å². The summed E-state index contributed by atoms with van der Waals surface area (Å²) in [7, 11) is 0. The van der Waals surface area contributed by atoms with Gasteiger partial charge in [-0.25, -0.2) is 4.39 Å². The lowest BCUT2D eigenvalue weighted by Crippen LogP contribution is -2.50. The third-order valence-corrected chi connectivity index (χ3v) is 7.79. The van der Waals surface area contributed by atoms with E-state index in [1.54, 1.807) is 0 Å². The van der Waals surface area contributed by atoms with Gasteiger partial charge < -0.3 is 15.5 Å². The number of halogens is 1. The van der Waals surface area contributed by atoms with Gasteiger partial charge in [-0.3, -0.25) is 9.59 Å². The van der Waals surface area contributed by atoms with Crippen LogP contribution in [0.15, 0.2) is 24.3 Å². The molecule has 2 heterocycles. The largest absolute Gasteiger partial charge is 0.367 e. The molecule has 0 bridgehead atoms. The Kier molecular flexibility index (Phi) is 5.11. The minimum absolute atomic E-state index is 0.0436. The Hall–Kier alpha value is -2.63. The average Bonchev–Trinajstić information content (AvgIpc) is 3.26. The second kappa shape index (κ2) is 7.81. The van der Waals surface area contributed by atoms with Crippen molar-refractivity contribution in [3.05, 3.63) is 46.8 Å². The molecule has 0 spiro atoms. The van der Waals surface area contributed by atoms with Crippen molar-refractivity contribution in [3.8, 4) is 0 Å². The van der Waals surface area contributed by atoms with Crippen LogP contribution in [0.3, 0.4) is 0 Å². The number of anilines is 1. The molecule has 2 saturated heterocycles. The van der Waals surface area contributed by atoms with Gasteiger partial charge in [-0.2, -0.15) is 0 Å². The van der Waals surface area contributed by atoms with Crippen LogP contribution < -0.4 is 10.6 Å². The number of hydrogen-bond donors (Lipinski definition) is 1. The van der Waals surface area contributed by atoms with E-state index in [1.807, 2.05) is 4.90 Å². The standard InChI is InChI=1S/C25H30FN3O2/c1-2-22(30)29-11-9-15-8-10-28(14-21(15)29)24-20(26)13-19(25(27)31)18-12-16-6-4-3-5-7-17(16)23(18)24/h2,13,15,21H,1,3-12,14H2,(H2,27,31)/t15-,21?/m0/s1. The lowest BCUT2D eigenvalue weighted by atomic mass is 9.89. The molecule has 164 valence electrons. The lowest BCUT2D eigenvalue weighted by molar-refractivity contribution is -0.127. The number of nitrogens with zero attached hydrogens (tertiary/aromatic N) is 2. The third-order valence-electron chi connectivity index (χ3n) is 7.79. The average molecular weight is 424 g/mol. The first-order valence-corrected chi connectivity index (χ1v) is 11.5. The maximum atomic E-state index is 15.6. The number of nitrogens with two attached hydrogens (primary N) is 1. The van der Waals surface area contributed by atoms with Gasteiger partial charge in [0.1, 0.15) is 5.82 Å². The van der Waals surface area contributed by atoms with Crippen molar-refractivity contribution in [2.75, 3.05) is 24.5 Å². The van der Waals surface area contributed by atoms with Crippen molar-refractivity contribution >= 4 is 23.1 Å². The first-order valence-electron chi connectivity index (χ1n) is 11.5. The summed E-state index contributed by atoms with van der Waals surface area (Å²) in [5.74, 6) is -0.521. The van der Waals surface area contributed by atoms with Crippen molar-refractivity contribution in [1.29, 1.82) is 0 Å². The summed E-state index contributed by atoms with van der Waals surface area (Å²) >= 11 is 0. The number of primary amides is 1. The monoisotopic (exact) mass is 423 g/mol. The number of fused-ring (bicyclic) bond motifs is 3. The van der Waals surface area contributed by atoms with Gasteiger partial charge in [-0.1, -0.05) is 18.6 Å². The minimum atomic E-state index is -0.559. The van der Waals surface area contributed by atoms with Crippen molar-refractivity contribution in [3.63, 3.8) is 0 Å². The van der Waals surface area contributed by atoms with Crippen molar-refractivity contribution < 1.29 is 14.0 Å². The molecule has 5 rings (SSSR count). The van der Waals surface area contributed by atoms with Crippen LogP contribution >= 0.6 is 0 Å². The number of piperidine rings is 1. The van der Waals surface area contributed by atoms with Gasteiger partial charge >= 0.3 is 0 Å². The van der Waals surface area contributed by atoms with Crippen LogP contribution in [0.4, 0.5) is 10.1 Å². The summed E-state index contributed by atoms with van der Waals surface area (Å²) in [6.07, 6.45) is 9.36. The van der Waals surface area contributed by atoms with Crippen molar-refractivity contribution in [2.45, 2.75) is 57.4 Å². The molecule has 5 nitrogen and oxygen atoms in total. The summed E-state index contributed by atoms with van der Waals surface area (Å²) in [5.41, 5.74) is 11.0. The highest BCUT2D eigenvalue weighted by atomic mass is 19.1. The van der Waals surface area contributed by atoms with Crippen LogP contribution in [0.25, 0.3) is 5.57 Å². The summed E-state index contributed by atoms with van der Waals surface area (Å²) in [6, 6.07) is 1.42. The Balaban J connectivity index is 1.58. The van der Waals surface area contributed by atoms with Crippen molar-refractivity contribution in [2.24, 2.45) is 11.7 Å². The maximum absolute atomic E-state index is 15.6. The maximum Gasteiger partial charge on any atom is 0.249 e. The highest BCUT2D eigenvalue weighted by molar-refractivity contribution is 5.99. The Labute approximate surface area is 182 Å². The number of likely N-dealkylation sites (tertiary alicyclic amines) is 1. The molecule has 31 heavy (non-hydrogen) atoms. The highest BCUT2D eigenvalue weighted by Gasteiger charge is 2.42. The fourth-order valence-corrected chi connectivity index (χ4v) is 6.31. The second-order valence-corrected chi connectivity index (χ2v) is 9.38. The molecule has 2 fully saturated rings. The van der Waals surface area contributed by atoms with E-state index in [-0.39, 0.29) is 17.8 Å². The Morgan fingerprint density at radius 1 is 1.16 bits per heavy atom. The van der Waals surface area contributed by atoms with E-state index in [2.05, 4.69) is 11.5 Å². The number of rotatable bonds is 3. The smallest absolute Gasteiger partial charge is 0.249 e. The number of carbonyl (C=O) groups is 2. The van der Waals surface area contributed by atoms with Gasteiger partial charge in [-0.05, 0) is 74.1 Å². The SMILES string of the molecule is C=CC(=O)N1CC[C@@H]2CCN(c3c(F)cc(C(N)=O)c4c3C3=C(CCCCC3)C4)CC21. The molecule has 4 aliphatic rings. The van der Waals surface area contributed by atoms with Crippen LogP contribution in [0.5, 0.6) is 0 Å². The molecule has 2 amide bonds. The highest BCUT2D eigenvalue weighted by Crippen LogP contribution is 2.48. The Morgan fingerprint density at radius 3 is 2.71 bits per heavy atom. The normalized spacial score (nSPS) is 25.1. The van der Waals surface area contributed by atoms with E-state index < -0.39 is 5.91 Å². The van der Waals surface area contributed by atoms with E-state index in [0.717, 1.165) is 62.7 Å². The molecule has 6 heteroatoms. The van der Waals surface area contributed by atoms with Gasteiger partial charge in [0.05, 0.1) is 11.7 Å². The zero-order chi connectivity index (χ0) is 21.7. The summed E-state index contributed by atoms with van der Waals surface area (Å²) in [4.78, 5) is 28.5. The van der Waals surface area contributed by atoms with Gasteiger partial charge in [0.15, 0.2) is 0 Å². The predicted molar refractivity (Wildman–Crippen MR) is 119 cm³/mol. The summed E-state index contributed by atoms with van der Waals surface area (Å²) in [5, 5.41) is 0. The Morgan fingerprint density at radius 2 is 1.94 bits per heavy atom. The van der Waals surface area contributed by atoms with Gasteiger partial charge in [0, 0.05) is 30.8 Å². The van der Waals surface area contributed by atoms with E-state index in [9.17, 15) is 9.59 Å². The number of amides is 2. The van der Waals surface area contributed by atoms with E-state index >= 15 is 4.39 Å². The zero-order valence-corrected chi connectivity index (χ0v) is 18.0. The molecular formula is C25H30FN3O2. The topological polar surface area (TPSA) is 66.6 Å². The fourth-order valence-electron chi connectivity index (χ4n) is 6.31. The van der Waals surface area contributed by atoms with Gasteiger partial charge in [0.25, 0.3) is 0 Å². The quantitative estimate of drug-likeness (QED) is 0.752. The number of carbonyl (C=O) groups excluding carboxylic acids is 2. The molecule has 0 saturated carbocycles. The lowest BCUT2D eigenvalue weighted by Gasteiger charge is -2.40. The van der Waals surface area contributed by atoms with Crippen LogP contribution in [-0.2, 0) is 11.2 Å². The minimum Gasteiger partial charge on any atom is -0.367 e. The summed E-state index contributed by atoms with van der Waals surface area (Å²) < 4.78 is 15.6. The van der Waals surface area contributed by atoms with E-state index in [1.165, 1.54) is 29.7 Å². The molecule has 0 radical (unpaired) electrons.